The third kappa shape index (κ3) is 2.00. The third-order valence-corrected chi connectivity index (χ3v) is 3.35. The molecule has 2 aliphatic rings. The zero-order valence-electron chi connectivity index (χ0n) is 9.33. The molecule has 3 atom stereocenters. The van der Waals surface area contributed by atoms with Crippen molar-refractivity contribution in [3.63, 3.8) is 0 Å². The van der Waals surface area contributed by atoms with Crippen molar-refractivity contribution in [1.29, 1.82) is 0 Å². The van der Waals surface area contributed by atoms with Crippen LogP contribution in [0.4, 0.5) is 0 Å². The van der Waals surface area contributed by atoms with Gasteiger partial charge in [0.25, 0.3) is 5.91 Å². The Balaban J connectivity index is 2.28. The van der Waals surface area contributed by atoms with Gasteiger partial charge in [0.2, 0.25) is 0 Å². The number of nitrogens with one attached hydrogen (secondary N) is 1. The van der Waals surface area contributed by atoms with E-state index in [9.17, 15) is 14.8 Å². The summed E-state index contributed by atoms with van der Waals surface area (Å²) in [5.74, 6) is -2.15. The summed E-state index contributed by atoms with van der Waals surface area (Å²) in [6.07, 6.45) is -0.233. The molecular weight excluding hydrogens is 228 g/mol. The number of hydrogen-bond acceptors (Lipinski definition) is 5. The van der Waals surface area contributed by atoms with Crippen LogP contribution in [-0.2, 0) is 9.59 Å². The number of carbonyl (C=O) groups excluding carboxylic acids is 1. The summed E-state index contributed by atoms with van der Waals surface area (Å²) in [6, 6.07) is 0. The Hall–Kier alpha value is -1.22. The van der Waals surface area contributed by atoms with Crippen molar-refractivity contribution in [3.05, 3.63) is 5.21 Å². The monoisotopic (exact) mass is 244 g/mol. The number of hydrogen-bond donors (Lipinski definition) is 3. The highest BCUT2D eigenvalue weighted by Gasteiger charge is 2.45. The van der Waals surface area contributed by atoms with Gasteiger partial charge in [-0.25, -0.2) is 4.76 Å². The molecule has 96 valence electrons. The summed E-state index contributed by atoms with van der Waals surface area (Å²) in [5, 5.41) is 25.5. The van der Waals surface area contributed by atoms with Gasteiger partial charge >= 0.3 is 5.97 Å². The molecule has 2 fully saturated rings. The van der Waals surface area contributed by atoms with Gasteiger partial charge in [-0.3, -0.25) is 20.6 Å². The molecule has 17 heavy (non-hydrogen) atoms. The number of hydroxylamine groups is 2. The Labute approximate surface area is 98.1 Å². The summed E-state index contributed by atoms with van der Waals surface area (Å²) in [6.45, 7) is 0.0309. The smallest absolute Gasteiger partial charge is 0.313 e. The number of aliphatic carboxylic acids is 1. The number of quaternary nitrogens is 1. The lowest BCUT2D eigenvalue weighted by molar-refractivity contribution is -1.01. The molecule has 0 aromatic rings. The molecular formula is C9H16N4O4. The number of rotatable bonds is 1. The first-order chi connectivity index (χ1) is 7.95. The molecule has 2 aliphatic heterocycles. The van der Waals surface area contributed by atoms with E-state index in [0.29, 0.717) is 6.42 Å². The maximum absolute atomic E-state index is 12.6. The van der Waals surface area contributed by atoms with Gasteiger partial charge in [-0.05, 0) is 0 Å². The minimum absolute atomic E-state index is 0.0554. The molecule has 0 aromatic carbocycles. The van der Waals surface area contributed by atoms with Crippen LogP contribution in [0.15, 0.2) is 0 Å². The fraction of sp³-hybridized carbons (Fsp3) is 0.778. The Morgan fingerprint density at radius 2 is 2.35 bits per heavy atom. The number of carbonyl (C=O) groups is 2. The second-order valence-electron chi connectivity index (χ2n) is 4.48. The van der Waals surface area contributed by atoms with E-state index in [1.807, 2.05) is 0 Å². The Morgan fingerprint density at radius 1 is 1.65 bits per heavy atom. The predicted octanol–water partition coefficient (Wildman–Crippen LogP) is -1.62. The first-order valence-corrected chi connectivity index (χ1v) is 5.54. The Bertz CT molecular complexity index is 350. The van der Waals surface area contributed by atoms with E-state index in [-0.39, 0.29) is 32.1 Å². The van der Waals surface area contributed by atoms with Gasteiger partial charge in [-0.15, -0.1) is 0 Å². The molecule has 8 heteroatoms. The number of amides is 1. The molecule has 8 nitrogen and oxygen atoms in total. The van der Waals surface area contributed by atoms with Gasteiger partial charge in [0.15, 0.2) is 6.17 Å². The zero-order chi connectivity index (χ0) is 12.6. The number of nitrogens with zero attached hydrogens (tertiary/aromatic N) is 2. The van der Waals surface area contributed by atoms with E-state index in [4.69, 9.17) is 10.8 Å². The minimum atomic E-state index is -1.05. The first kappa shape index (κ1) is 12.2. The number of carboxylic acids is 1. The van der Waals surface area contributed by atoms with Crippen LogP contribution in [0.2, 0.25) is 0 Å². The highest BCUT2D eigenvalue weighted by atomic mass is 16.6. The molecule has 2 heterocycles. The van der Waals surface area contributed by atoms with Gasteiger partial charge in [-0.2, -0.15) is 5.01 Å². The highest BCUT2D eigenvalue weighted by Crippen LogP contribution is 2.27. The quantitative estimate of drug-likeness (QED) is 0.377. The van der Waals surface area contributed by atoms with Crippen molar-refractivity contribution in [2.45, 2.75) is 19.0 Å². The fourth-order valence-electron chi connectivity index (χ4n) is 2.30. The van der Waals surface area contributed by atoms with E-state index in [1.54, 1.807) is 0 Å². The van der Waals surface area contributed by atoms with Crippen LogP contribution in [0.5, 0.6) is 0 Å². The Morgan fingerprint density at radius 3 is 3.00 bits per heavy atom. The van der Waals surface area contributed by atoms with Crippen LogP contribution in [0.3, 0.4) is 0 Å². The topological polar surface area (TPSA) is 119 Å². The standard InChI is InChI=1S/C9H16N4O4/c10-7-1-2-8(14)12-5-11-3-6(9(15)16)4-13(7,12)17/h6-7,11H,1-5,10H2,(H,15,16). The minimum Gasteiger partial charge on any atom is -0.605 e. The molecule has 0 aromatic heterocycles. The summed E-state index contributed by atoms with van der Waals surface area (Å²) in [5.41, 5.74) is 5.76. The lowest BCUT2D eigenvalue weighted by Gasteiger charge is -2.53. The van der Waals surface area contributed by atoms with Gasteiger partial charge in [0.1, 0.15) is 19.1 Å². The maximum Gasteiger partial charge on any atom is 0.313 e. The SMILES string of the molecule is NC1CCC(=O)N2CNCC(C(=O)O)C[N+]12[O-]. The van der Waals surface area contributed by atoms with E-state index < -0.39 is 22.8 Å². The van der Waals surface area contributed by atoms with Crippen molar-refractivity contribution in [1.82, 2.24) is 10.3 Å². The molecule has 0 saturated carbocycles. The van der Waals surface area contributed by atoms with Gasteiger partial charge in [0.05, 0.1) is 0 Å². The van der Waals surface area contributed by atoms with Crippen molar-refractivity contribution in [2.24, 2.45) is 11.7 Å². The molecule has 0 bridgehead atoms. The average molecular weight is 244 g/mol. The van der Waals surface area contributed by atoms with Gasteiger partial charge in [-0.1, -0.05) is 0 Å². The van der Waals surface area contributed by atoms with Crippen LogP contribution >= 0.6 is 0 Å². The summed E-state index contributed by atoms with van der Waals surface area (Å²) in [7, 11) is 0. The van der Waals surface area contributed by atoms with E-state index >= 15 is 0 Å². The average Bonchev–Trinajstić information content (AvgIpc) is 2.45. The molecule has 2 rings (SSSR count). The van der Waals surface area contributed by atoms with E-state index in [0.717, 1.165) is 5.01 Å². The third-order valence-electron chi connectivity index (χ3n) is 3.35. The molecule has 0 aliphatic carbocycles. The predicted molar refractivity (Wildman–Crippen MR) is 56.5 cm³/mol. The summed E-state index contributed by atoms with van der Waals surface area (Å²) >= 11 is 0. The zero-order valence-corrected chi connectivity index (χ0v) is 9.33. The normalized spacial score (nSPS) is 38.5. The lowest BCUT2D eigenvalue weighted by Crippen LogP contribution is -2.70. The number of carboxylic acid groups (broad SMARTS) is 1. The molecule has 4 N–H and O–H groups in total. The molecule has 0 radical (unpaired) electrons. The van der Waals surface area contributed by atoms with Crippen molar-refractivity contribution >= 4 is 11.9 Å². The molecule has 3 unspecified atom stereocenters. The van der Waals surface area contributed by atoms with E-state index in [2.05, 4.69) is 5.32 Å². The van der Waals surface area contributed by atoms with Crippen molar-refractivity contribution in [2.75, 3.05) is 19.8 Å². The first-order valence-electron chi connectivity index (χ1n) is 5.54. The highest BCUT2D eigenvalue weighted by molar-refractivity contribution is 5.75. The molecule has 1 amide bonds. The molecule has 2 saturated heterocycles. The van der Waals surface area contributed by atoms with Crippen molar-refractivity contribution in [3.8, 4) is 0 Å². The second-order valence-corrected chi connectivity index (χ2v) is 4.48. The van der Waals surface area contributed by atoms with Crippen LogP contribution in [0.25, 0.3) is 0 Å². The Kier molecular flexibility index (Phi) is 3.04. The summed E-state index contributed by atoms with van der Waals surface area (Å²) < 4.78 is -1.05. The number of nitrogens with two attached hydrogens (primary N) is 1. The largest absolute Gasteiger partial charge is 0.605 e. The van der Waals surface area contributed by atoms with Crippen molar-refractivity contribution < 1.29 is 19.5 Å². The maximum atomic E-state index is 12.6. The van der Waals surface area contributed by atoms with E-state index in [1.165, 1.54) is 0 Å². The van der Waals surface area contributed by atoms with Crippen LogP contribution in [0, 0.1) is 11.1 Å². The van der Waals surface area contributed by atoms with Gasteiger partial charge in [0, 0.05) is 19.4 Å². The lowest BCUT2D eigenvalue weighted by atomic mass is 10.1. The summed E-state index contributed by atoms with van der Waals surface area (Å²) in [4.78, 5) is 22.7. The van der Waals surface area contributed by atoms with Crippen LogP contribution < -0.4 is 11.1 Å². The van der Waals surface area contributed by atoms with Crippen LogP contribution in [0.1, 0.15) is 12.8 Å². The molecule has 0 spiro atoms. The number of fused-ring (bicyclic) bond motifs is 1. The fourth-order valence-corrected chi connectivity index (χ4v) is 2.30. The van der Waals surface area contributed by atoms with Gasteiger partial charge < -0.3 is 10.3 Å². The second kappa shape index (κ2) is 4.22. The van der Waals surface area contributed by atoms with Crippen LogP contribution in [-0.4, -0.2) is 52.7 Å².